The normalized spacial score (nSPS) is 11.5. The Balaban J connectivity index is 0.00000392. The minimum Gasteiger partial charge on any atom is -0.738 e. The molecule has 0 fully saturated rings. The third-order valence-corrected chi connectivity index (χ3v) is 3.42. The van der Waals surface area contributed by atoms with Crippen LogP contribution in [0, 0.1) is 0 Å². The van der Waals surface area contributed by atoms with Crippen LogP contribution in [0.1, 0.15) is 31.8 Å². The number of carboxylic acids is 2. The zero-order valence-electron chi connectivity index (χ0n) is 13.7. The molecule has 0 atom stereocenters. The number of hydrogen-bond donors (Lipinski definition) is 2. The molecule has 0 unspecified atom stereocenters. The molecule has 0 saturated heterocycles. The molecule has 2 aromatic rings. The Morgan fingerprint density at radius 1 is 0.893 bits per heavy atom. The van der Waals surface area contributed by atoms with E-state index in [4.69, 9.17) is 12.6 Å². The predicted molar refractivity (Wildman–Crippen MR) is 94.9 cm³/mol. The fourth-order valence-electron chi connectivity index (χ4n) is 1.95. The molecule has 2 N–H and O–H groups in total. The molecule has 0 amide bonds. The molecule has 28 heavy (non-hydrogen) atoms. The van der Waals surface area contributed by atoms with E-state index in [1.165, 1.54) is 36.4 Å². The van der Waals surface area contributed by atoms with E-state index in [1.807, 2.05) is 0 Å². The summed E-state index contributed by atoms with van der Waals surface area (Å²) in [6, 6.07) is 7.91. The van der Waals surface area contributed by atoms with Crippen molar-refractivity contribution < 1.29 is 47.1 Å². The van der Waals surface area contributed by atoms with E-state index in [1.54, 1.807) is 0 Å². The topological polar surface area (TPSA) is 158 Å². The standard InChI is InChI=1S/C17H13N3O6S.Cu/c21-13-9(3-1-5-11(13)15(23)24)7-18-17(27)20-19-8-10-4-2-6-12(14(10)22)16(25)26;/h1-8,21-22H,(H,20,27)(H,23,24)(H,25,26);/p-3. The van der Waals surface area contributed by atoms with Crippen molar-refractivity contribution in [1.82, 2.24) is 0 Å². The third kappa shape index (κ3) is 5.61. The van der Waals surface area contributed by atoms with Crippen LogP contribution in [0.15, 0.2) is 51.6 Å². The molecule has 2 aromatic carbocycles. The number of aromatic carboxylic acids is 2. The van der Waals surface area contributed by atoms with Crippen LogP contribution >= 0.6 is 0 Å². The number of rotatable bonds is 5. The van der Waals surface area contributed by atoms with Crippen molar-refractivity contribution in [1.29, 1.82) is 0 Å². The van der Waals surface area contributed by atoms with Gasteiger partial charge in [0.15, 0.2) is 0 Å². The van der Waals surface area contributed by atoms with Gasteiger partial charge in [-0.05, 0) is 24.3 Å². The molecule has 0 aliphatic heterocycles. The zero-order chi connectivity index (χ0) is 20.0. The molecular weight excluding hydrogens is 438 g/mol. The first-order chi connectivity index (χ1) is 12.8. The molecule has 0 aliphatic carbocycles. The van der Waals surface area contributed by atoms with Gasteiger partial charge in [0.2, 0.25) is 0 Å². The Labute approximate surface area is 174 Å². The number of amidine groups is 1. The summed E-state index contributed by atoms with van der Waals surface area (Å²) >= 11 is 4.84. The van der Waals surface area contributed by atoms with Gasteiger partial charge >= 0.3 is 0 Å². The van der Waals surface area contributed by atoms with Gasteiger partial charge in [0, 0.05) is 50.7 Å². The van der Waals surface area contributed by atoms with Crippen LogP contribution in [0.5, 0.6) is 11.5 Å². The summed E-state index contributed by atoms with van der Waals surface area (Å²) in [6.45, 7) is 0. The number of carboxylic acid groups (broad SMARTS) is 2. The van der Waals surface area contributed by atoms with Crippen molar-refractivity contribution in [3.8, 4) is 11.5 Å². The van der Waals surface area contributed by atoms with Crippen LogP contribution in [0.2, 0.25) is 0 Å². The molecule has 0 saturated carbocycles. The van der Waals surface area contributed by atoms with E-state index < -0.39 is 34.6 Å². The van der Waals surface area contributed by atoms with Gasteiger partial charge in [0.25, 0.3) is 0 Å². The first-order valence-electron chi connectivity index (χ1n) is 7.20. The molecular formula is C17H10CuN3O6S-3. The Hall–Kier alpha value is -3.27. The molecule has 11 heteroatoms. The average molecular weight is 448 g/mol. The second kappa shape index (κ2) is 10.2. The number of carbonyl (C=O) groups is 2. The first kappa shape index (κ1) is 22.8. The summed E-state index contributed by atoms with van der Waals surface area (Å²) in [5.41, 5.74) is -0.644. The second-order valence-electron chi connectivity index (χ2n) is 4.95. The van der Waals surface area contributed by atoms with Gasteiger partial charge in [-0.15, -0.1) is 0 Å². The fourth-order valence-corrected chi connectivity index (χ4v) is 2.05. The van der Waals surface area contributed by atoms with Crippen molar-refractivity contribution in [3.05, 3.63) is 58.7 Å². The molecule has 0 aliphatic rings. The maximum absolute atomic E-state index is 10.8. The fraction of sp³-hybridized carbons (Fsp3) is 0. The molecule has 9 nitrogen and oxygen atoms in total. The van der Waals surface area contributed by atoms with Gasteiger partial charge < -0.3 is 42.6 Å². The zero-order valence-corrected chi connectivity index (χ0v) is 15.5. The van der Waals surface area contributed by atoms with Gasteiger partial charge in [-0.3, -0.25) is 4.99 Å². The van der Waals surface area contributed by atoms with Crippen LogP contribution < -0.4 is 10.2 Å². The molecule has 149 valence electrons. The number of benzene rings is 2. The minimum absolute atomic E-state index is 0. The van der Waals surface area contributed by atoms with Crippen LogP contribution in [0.25, 0.3) is 0 Å². The number of para-hydroxylation sites is 2. The number of aromatic hydroxyl groups is 2. The monoisotopic (exact) mass is 447 g/mol. The van der Waals surface area contributed by atoms with E-state index >= 15 is 0 Å². The van der Waals surface area contributed by atoms with Crippen LogP contribution in [-0.2, 0) is 29.7 Å². The van der Waals surface area contributed by atoms with Crippen molar-refractivity contribution in [3.63, 3.8) is 0 Å². The largest absolute Gasteiger partial charge is 0.738 e. The van der Waals surface area contributed by atoms with Crippen LogP contribution in [0.4, 0.5) is 0 Å². The summed E-state index contributed by atoms with van der Waals surface area (Å²) in [4.78, 5) is 25.4. The molecule has 0 spiro atoms. The molecule has 0 heterocycles. The number of aliphatic imine (C=N–C) groups is 1. The summed E-state index contributed by atoms with van der Waals surface area (Å²) < 4.78 is 0. The van der Waals surface area contributed by atoms with Gasteiger partial charge in [-0.2, -0.15) is 10.2 Å². The van der Waals surface area contributed by atoms with E-state index in [2.05, 4.69) is 15.2 Å². The first-order valence-corrected chi connectivity index (χ1v) is 7.61. The summed E-state index contributed by atoms with van der Waals surface area (Å²) in [5, 5.41) is 48.1. The molecule has 0 bridgehead atoms. The number of carbonyl (C=O) groups excluding carboxylic acids is 2. The van der Waals surface area contributed by atoms with Crippen molar-refractivity contribution in [2.24, 2.45) is 15.2 Å². The minimum atomic E-state index is -1.54. The summed E-state index contributed by atoms with van der Waals surface area (Å²) in [5.74, 6) is -4.15. The second-order valence-corrected chi connectivity index (χ2v) is 5.31. The van der Waals surface area contributed by atoms with Gasteiger partial charge in [-0.1, -0.05) is 12.1 Å². The quantitative estimate of drug-likeness (QED) is 0.199. The predicted octanol–water partition coefficient (Wildman–Crippen LogP) is -0.822. The van der Waals surface area contributed by atoms with E-state index in [0.717, 1.165) is 12.4 Å². The van der Waals surface area contributed by atoms with E-state index in [0.29, 0.717) is 0 Å². The number of nitrogens with zero attached hydrogens (tertiary/aromatic N) is 3. The number of phenols is 2. The Bertz CT molecular complexity index is 991. The molecule has 1 radical (unpaired) electrons. The Kier molecular flexibility index (Phi) is 8.27. The summed E-state index contributed by atoms with van der Waals surface area (Å²) in [7, 11) is 0. The van der Waals surface area contributed by atoms with Gasteiger partial charge in [0.05, 0.1) is 18.2 Å². The van der Waals surface area contributed by atoms with Gasteiger partial charge in [0.1, 0.15) is 11.5 Å². The average Bonchev–Trinajstić information content (AvgIpc) is 2.61. The van der Waals surface area contributed by atoms with Crippen molar-refractivity contribution in [2.75, 3.05) is 0 Å². The maximum Gasteiger partial charge on any atom is 0.133 e. The van der Waals surface area contributed by atoms with E-state index in [-0.39, 0.29) is 33.4 Å². The Morgan fingerprint density at radius 3 is 1.82 bits per heavy atom. The Morgan fingerprint density at radius 2 is 1.36 bits per heavy atom. The summed E-state index contributed by atoms with van der Waals surface area (Å²) in [6.07, 6.45) is 2.16. The molecule has 0 aromatic heterocycles. The van der Waals surface area contributed by atoms with Crippen LogP contribution in [0.3, 0.4) is 0 Å². The number of hydrogen-bond acceptors (Lipinski definition) is 9. The van der Waals surface area contributed by atoms with Crippen LogP contribution in [-0.4, -0.2) is 39.7 Å². The van der Waals surface area contributed by atoms with Crippen molar-refractivity contribution >= 4 is 42.2 Å². The van der Waals surface area contributed by atoms with Gasteiger partial charge in [-0.25, -0.2) is 0 Å². The third-order valence-electron chi connectivity index (χ3n) is 3.23. The van der Waals surface area contributed by atoms with Crippen molar-refractivity contribution in [2.45, 2.75) is 0 Å². The van der Waals surface area contributed by atoms with E-state index in [9.17, 15) is 30.0 Å². The maximum atomic E-state index is 10.8. The smallest absolute Gasteiger partial charge is 0.133 e. The molecule has 2 rings (SSSR count). The SMILES string of the molecule is O=C([O-])c1cccc(C=NN=C([S-])N=Cc2cccc(C(=O)[O-])c2O)c1O.[Cu].